The van der Waals surface area contributed by atoms with Gasteiger partial charge in [0.15, 0.2) is 5.65 Å². The Balaban J connectivity index is 1.80. The molecule has 5 heteroatoms. The first kappa shape index (κ1) is 21.8. The van der Waals surface area contributed by atoms with Gasteiger partial charge in [0.1, 0.15) is 11.8 Å². The second kappa shape index (κ2) is 13.6. The molecule has 0 aliphatic heterocycles. The Labute approximate surface area is 165 Å². The average Bonchev–Trinajstić information content (AvgIpc) is 3.10. The maximum absolute atomic E-state index is 4.44. The highest BCUT2D eigenvalue weighted by molar-refractivity contribution is 5.68. The van der Waals surface area contributed by atoms with Crippen molar-refractivity contribution in [3.63, 3.8) is 0 Å². The van der Waals surface area contributed by atoms with Gasteiger partial charge in [-0.15, -0.1) is 0 Å². The highest BCUT2D eigenvalue weighted by Gasteiger charge is 2.09. The minimum Gasteiger partial charge on any atom is -0.301 e. The third kappa shape index (κ3) is 8.37. The van der Waals surface area contributed by atoms with Gasteiger partial charge in [-0.3, -0.25) is 4.90 Å². The Morgan fingerprint density at radius 2 is 1.37 bits per heavy atom. The van der Waals surface area contributed by atoms with Gasteiger partial charge in [0.2, 0.25) is 0 Å². The fourth-order valence-corrected chi connectivity index (χ4v) is 3.62. The molecule has 0 unspecified atom stereocenters. The van der Waals surface area contributed by atoms with E-state index in [0.29, 0.717) is 0 Å². The van der Waals surface area contributed by atoms with E-state index in [1.807, 2.05) is 6.33 Å². The van der Waals surface area contributed by atoms with Crippen LogP contribution in [-0.2, 0) is 6.67 Å². The zero-order valence-electron chi connectivity index (χ0n) is 17.6. The van der Waals surface area contributed by atoms with Crippen molar-refractivity contribution >= 4 is 11.2 Å². The molecule has 2 aromatic rings. The summed E-state index contributed by atoms with van der Waals surface area (Å²) in [4.78, 5) is 15.5. The van der Waals surface area contributed by atoms with Crippen LogP contribution in [0.15, 0.2) is 18.9 Å². The Bertz CT molecular complexity index is 594. The molecule has 0 radical (unpaired) electrons. The Morgan fingerprint density at radius 1 is 0.778 bits per heavy atom. The van der Waals surface area contributed by atoms with Crippen molar-refractivity contribution in [2.75, 3.05) is 13.1 Å². The summed E-state index contributed by atoms with van der Waals surface area (Å²) >= 11 is 0. The second-order valence-electron chi connectivity index (χ2n) is 7.74. The van der Waals surface area contributed by atoms with E-state index in [1.54, 1.807) is 12.5 Å². The van der Waals surface area contributed by atoms with Crippen LogP contribution < -0.4 is 0 Å². The summed E-state index contributed by atoms with van der Waals surface area (Å²) in [5.74, 6) is 0. The van der Waals surface area contributed by atoms with Crippen molar-refractivity contribution in [1.82, 2.24) is 24.4 Å². The summed E-state index contributed by atoms with van der Waals surface area (Å²) in [7, 11) is 0. The molecule has 0 N–H and O–H groups in total. The molecular formula is C22H39N5. The van der Waals surface area contributed by atoms with Crippen LogP contribution in [0.3, 0.4) is 0 Å². The summed E-state index contributed by atoms with van der Waals surface area (Å²) in [6.07, 6.45) is 21.5. The van der Waals surface area contributed by atoms with Gasteiger partial charge < -0.3 is 4.57 Å². The number of rotatable bonds is 16. The van der Waals surface area contributed by atoms with Gasteiger partial charge in [0, 0.05) is 0 Å². The van der Waals surface area contributed by atoms with E-state index < -0.39 is 0 Å². The van der Waals surface area contributed by atoms with Gasteiger partial charge in [-0.05, 0) is 25.9 Å². The number of unbranched alkanes of at least 4 members (excludes halogenated alkanes) is 10. The molecule has 5 nitrogen and oxygen atoms in total. The molecule has 2 aromatic heterocycles. The lowest BCUT2D eigenvalue weighted by Gasteiger charge is -2.23. The number of fused-ring (bicyclic) bond motifs is 1. The molecule has 0 aliphatic carbocycles. The van der Waals surface area contributed by atoms with Crippen LogP contribution in [0.2, 0.25) is 0 Å². The third-order valence-corrected chi connectivity index (χ3v) is 5.29. The molecule has 0 aliphatic rings. The first-order valence-corrected chi connectivity index (χ1v) is 11.2. The van der Waals surface area contributed by atoms with Crippen LogP contribution in [0.1, 0.15) is 90.9 Å². The monoisotopic (exact) mass is 373 g/mol. The molecule has 0 atom stereocenters. The Kier molecular flexibility index (Phi) is 11.0. The van der Waals surface area contributed by atoms with Gasteiger partial charge in [0.05, 0.1) is 19.2 Å². The predicted octanol–water partition coefficient (Wildman–Crippen LogP) is 5.81. The minimum absolute atomic E-state index is 0.886. The topological polar surface area (TPSA) is 46.8 Å². The van der Waals surface area contributed by atoms with Crippen molar-refractivity contribution in [1.29, 1.82) is 0 Å². The normalized spacial score (nSPS) is 11.7. The molecule has 0 amide bonds. The molecule has 0 spiro atoms. The highest BCUT2D eigenvalue weighted by Crippen LogP contribution is 2.12. The summed E-state index contributed by atoms with van der Waals surface area (Å²) < 4.78 is 2.17. The van der Waals surface area contributed by atoms with Crippen molar-refractivity contribution in [3.05, 3.63) is 18.9 Å². The van der Waals surface area contributed by atoms with Crippen molar-refractivity contribution < 1.29 is 0 Å². The van der Waals surface area contributed by atoms with Crippen LogP contribution in [-0.4, -0.2) is 37.5 Å². The molecule has 27 heavy (non-hydrogen) atoms. The number of hydrogen-bond acceptors (Lipinski definition) is 4. The minimum atomic E-state index is 0.886. The lowest BCUT2D eigenvalue weighted by Crippen LogP contribution is -2.28. The van der Waals surface area contributed by atoms with E-state index in [0.717, 1.165) is 17.8 Å². The molecule has 0 bridgehead atoms. The molecular weight excluding hydrogens is 334 g/mol. The van der Waals surface area contributed by atoms with E-state index in [2.05, 4.69) is 38.3 Å². The van der Waals surface area contributed by atoms with Crippen molar-refractivity contribution in [2.24, 2.45) is 0 Å². The van der Waals surface area contributed by atoms with Crippen LogP contribution in [0.25, 0.3) is 11.2 Å². The van der Waals surface area contributed by atoms with Gasteiger partial charge in [0.25, 0.3) is 0 Å². The predicted molar refractivity (Wildman–Crippen MR) is 114 cm³/mol. The first-order chi connectivity index (χ1) is 13.3. The standard InChI is InChI=1S/C22H39N5/c1-3-5-7-9-11-13-15-26(16-14-12-10-8-6-4-2)20-27-19-25-21-17-23-18-24-22(21)27/h17-19H,3-16,20H2,1-2H3. The Morgan fingerprint density at radius 3 is 2.00 bits per heavy atom. The average molecular weight is 374 g/mol. The fourth-order valence-electron chi connectivity index (χ4n) is 3.62. The van der Waals surface area contributed by atoms with Gasteiger partial charge >= 0.3 is 0 Å². The highest BCUT2D eigenvalue weighted by atomic mass is 15.3. The van der Waals surface area contributed by atoms with Crippen molar-refractivity contribution in [2.45, 2.75) is 97.6 Å². The van der Waals surface area contributed by atoms with Crippen LogP contribution >= 0.6 is 0 Å². The molecule has 0 saturated heterocycles. The van der Waals surface area contributed by atoms with E-state index >= 15 is 0 Å². The third-order valence-electron chi connectivity index (χ3n) is 5.29. The largest absolute Gasteiger partial charge is 0.301 e. The van der Waals surface area contributed by atoms with E-state index in [-0.39, 0.29) is 0 Å². The molecule has 0 aromatic carbocycles. The quantitative estimate of drug-likeness (QED) is 0.348. The first-order valence-electron chi connectivity index (χ1n) is 11.2. The van der Waals surface area contributed by atoms with E-state index in [4.69, 9.17) is 0 Å². The SMILES string of the molecule is CCCCCCCCN(CCCCCCCC)Cn1cnc2cncnc21. The summed E-state index contributed by atoms with van der Waals surface area (Å²) in [6.45, 7) is 7.79. The molecule has 152 valence electrons. The zero-order chi connectivity index (χ0) is 19.2. The maximum atomic E-state index is 4.44. The zero-order valence-corrected chi connectivity index (χ0v) is 17.6. The van der Waals surface area contributed by atoms with Gasteiger partial charge in [-0.1, -0.05) is 78.1 Å². The molecule has 0 saturated carbocycles. The molecule has 2 rings (SSSR count). The number of aromatic nitrogens is 4. The second-order valence-corrected chi connectivity index (χ2v) is 7.74. The van der Waals surface area contributed by atoms with Crippen molar-refractivity contribution in [3.8, 4) is 0 Å². The Hall–Kier alpha value is -1.49. The van der Waals surface area contributed by atoms with Gasteiger partial charge in [-0.25, -0.2) is 15.0 Å². The van der Waals surface area contributed by atoms with Gasteiger partial charge in [-0.2, -0.15) is 0 Å². The maximum Gasteiger partial charge on any atom is 0.164 e. The van der Waals surface area contributed by atoms with Crippen LogP contribution in [0.4, 0.5) is 0 Å². The summed E-state index contributed by atoms with van der Waals surface area (Å²) in [6, 6.07) is 0. The number of imidazole rings is 1. The summed E-state index contributed by atoms with van der Waals surface area (Å²) in [5.41, 5.74) is 1.83. The lowest BCUT2D eigenvalue weighted by atomic mass is 10.1. The van der Waals surface area contributed by atoms with E-state index in [1.165, 1.54) is 90.1 Å². The fraction of sp³-hybridized carbons (Fsp3) is 0.773. The number of nitrogens with zero attached hydrogens (tertiary/aromatic N) is 5. The smallest absolute Gasteiger partial charge is 0.164 e. The molecule has 0 fully saturated rings. The van der Waals surface area contributed by atoms with Crippen LogP contribution in [0, 0.1) is 0 Å². The molecule has 2 heterocycles. The van der Waals surface area contributed by atoms with E-state index in [9.17, 15) is 0 Å². The summed E-state index contributed by atoms with van der Waals surface area (Å²) in [5, 5.41) is 0. The van der Waals surface area contributed by atoms with Crippen LogP contribution in [0.5, 0.6) is 0 Å². The lowest BCUT2D eigenvalue weighted by molar-refractivity contribution is 0.210. The number of hydrogen-bond donors (Lipinski definition) is 0.